The van der Waals surface area contributed by atoms with Crippen molar-refractivity contribution in [2.75, 3.05) is 19.8 Å². The molecule has 0 heterocycles. The lowest BCUT2D eigenvalue weighted by Crippen LogP contribution is -2.09. The molecule has 2 nitrogen and oxygen atoms in total. The van der Waals surface area contributed by atoms with E-state index < -0.39 is 0 Å². The van der Waals surface area contributed by atoms with Crippen LogP contribution in [-0.2, 0) is 4.74 Å². The summed E-state index contributed by atoms with van der Waals surface area (Å²) >= 11 is 0. The Balaban J connectivity index is 2.34. The molecule has 1 rings (SSSR count). The van der Waals surface area contributed by atoms with E-state index in [1.807, 2.05) is 6.07 Å². The fraction of sp³-hybridized carbons (Fsp3) is 0.600. The molecule has 0 saturated carbocycles. The minimum atomic E-state index is -0.258. The first-order chi connectivity index (χ1) is 8.63. The summed E-state index contributed by atoms with van der Waals surface area (Å²) in [7, 11) is 0. The van der Waals surface area contributed by atoms with Gasteiger partial charge < -0.3 is 9.84 Å². The van der Waals surface area contributed by atoms with Crippen LogP contribution in [0.4, 0.5) is 4.39 Å². The lowest BCUT2D eigenvalue weighted by atomic mass is 9.97. The number of hydrogen-bond acceptors (Lipinski definition) is 2. The maximum Gasteiger partial charge on any atom is 0.123 e. The Morgan fingerprint density at radius 1 is 1.22 bits per heavy atom. The van der Waals surface area contributed by atoms with Crippen LogP contribution < -0.4 is 0 Å². The topological polar surface area (TPSA) is 29.5 Å². The van der Waals surface area contributed by atoms with E-state index in [9.17, 15) is 9.50 Å². The highest BCUT2D eigenvalue weighted by atomic mass is 19.1. The monoisotopic (exact) mass is 254 g/mol. The van der Waals surface area contributed by atoms with Crippen molar-refractivity contribution in [2.45, 2.75) is 32.6 Å². The minimum absolute atomic E-state index is 0.0248. The Bertz CT molecular complexity index is 339. The number of aliphatic hydroxyl groups excluding tert-OH is 1. The summed E-state index contributed by atoms with van der Waals surface area (Å²) in [4.78, 5) is 0. The Kier molecular flexibility index (Phi) is 6.91. The highest BCUT2D eigenvalue weighted by Crippen LogP contribution is 2.20. The maximum atomic E-state index is 13.1. The number of rotatable bonds is 8. The Labute approximate surface area is 109 Å². The minimum Gasteiger partial charge on any atom is -0.396 e. The molecule has 3 heteroatoms. The van der Waals surface area contributed by atoms with E-state index >= 15 is 0 Å². The second-order valence-electron chi connectivity index (χ2n) is 5.02. The van der Waals surface area contributed by atoms with Crippen molar-refractivity contribution < 1.29 is 14.2 Å². The van der Waals surface area contributed by atoms with Crippen molar-refractivity contribution >= 4 is 0 Å². The number of hydrogen-bond donors (Lipinski definition) is 1. The molecule has 0 aromatic heterocycles. The molecular formula is C15H23FO2. The summed E-state index contributed by atoms with van der Waals surface area (Å²) in [5, 5.41) is 9.34. The van der Waals surface area contributed by atoms with E-state index in [1.165, 1.54) is 12.1 Å². The second kappa shape index (κ2) is 8.22. The van der Waals surface area contributed by atoms with Gasteiger partial charge in [-0.05, 0) is 36.5 Å². The maximum absolute atomic E-state index is 13.1. The van der Waals surface area contributed by atoms with Crippen LogP contribution in [0.25, 0.3) is 0 Å². The largest absolute Gasteiger partial charge is 0.396 e. The van der Waals surface area contributed by atoms with Crippen LogP contribution in [0.1, 0.15) is 38.2 Å². The molecular weight excluding hydrogens is 231 g/mol. The first-order valence-corrected chi connectivity index (χ1v) is 6.57. The van der Waals surface area contributed by atoms with Crippen molar-refractivity contribution in [3.8, 4) is 0 Å². The average molecular weight is 254 g/mol. The normalized spacial score (nSPS) is 12.9. The standard InChI is InChI=1S/C15H23FO2/c1-12(2)6-8-18-9-7-14(11-17)13-4-3-5-15(16)10-13/h3-5,10,12,14,17H,6-9,11H2,1-2H3. The SMILES string of the molecule is CC(C)CCOCCC(CO)c1cccc(F)c1. The molecule has 1 unspecified atom stereocenters. The molecule has 0 radical (unpaired) electrons. The van der Waals surface area contributed by atoms with Gasteiger partial charge in [0.25, 0.3) is 0 Å². The lowest BCUT2D eigenvalue weighted by Gasteiger charge is -2.15. The molecule has 1 aromatic rings. The molecule has 0 aliphatic carbocycles. The summed E-state index contributed by atoms with van der Waals surface area (Å²) in [6.45, 7) is 5.70. The zero-order valence-corrected chi connectivity index (χ0v) is 11.2. The van der Waals surface area contributed by atoms with Gasteiger partial charge in [-0.2, -0.15) is 0 Å². The quantitative estimate of drug-likeness (QED) is 0.721. The lowest BCUT2D eigenvalue weighted by molar-refractivity contribution is 0.110. The van der Waals surface area contributed by atoms with E-state index in [4.69, 9.17) is 4.74 Å². The Hall–Kier alpha value is -0.930. The van der Waals surface area contributed by atoms with E-state index in [0.717, 1.165) is 25.0 Å². The molecule has 0 fully saturated rings. The number of aliphatic hydroxyl groups is 1. The van der Waals surface area contributed by atoms with Gasteiger partial charge in [-0.1, -0.05) is 26.0 Å². The van der Waals surface area contributed by atoms with Crippen LogP contribution >= 0.6 is 0 Å². The van der Waals surface area contributed by atoms with Gasteiger partial charge in [0.05, 0.1) is 6.61 Å². The van der Waals surface area contributed by atoms with E-state index in [2.05, 4.69) is 13.8 Å². The molecule has 0 amide bonds. The van der Waals surface area contributed by atoms with Crippen molar-refractivity contribution in [1.82, 2.24) is 0 Å². The number of halogens is 1. The fourth-order valence-electron chi connectivity index (χ4n) is 1.77. The smallest absolute Gasteiger partial charge is 0.123 e. The number of benzene rings is 1. The molecule has 0 bridgehead atoms. The van der Waals surface area contributed by atoms with Crippen molar-refractivity contribution in [3.63, 3.8) is 0 Å². The van der Waals surface area contributed by atoms with Crippen molar-refractivity contribution in [2.24, 2.45) is 5.92 Å². The zero-order valence-electron chi connectivity index (χ0n) is 11.2. The third kappa shape index (κ3) is 5.61. The van der Waals surface area contributed by atoms with Crippen molar-refractivity contribution in [1.29, 1.82) is 0 Å². The van der Waals surface area contributed by atoms with Gasteiger partial charge >= 0.3 is 0 Å². The number of ether oxygens (including phenoxy) is 1. The van der Waals surface area contributed by atoms with Crippen molar-refractivity contribution in [3.05, 3.63) is 35.6 Å². The first-order valence-electron chi connectivity index (χ1n) is 6.57. The predicted octanol–water partition coefficient (Wildman–Crippen LogP) is 3.35. The molecule has 102 valence electrons. The van der Waals surface area contributed by atoms with Gasteiger partial charge in [-0.3, -0.25) is 0 Å². The molecule has 0 aliphatic heterocycles. The van der Waals surface area contributed by atoms with E-state index in [-0.39, 0.29) is 18.3 Å². The highest BCUT2D eigenvalue weighted by molar-refractivity contribution is 5.20. The molecule has 0 aliphatic rings. The average Bonchev–Trinajstić information content (AvgIpc) is 2.33. The van der Waals surface area contributed by atoms with Gasteiger partial charge in [0, 0.05) is 19.1 Å². The fourth-order valence-corrected chi connectivity index (χ4v) is 1.77. The zero-order chi connectivity index (χ0) is 13.4. The third-order valence-electron chi connectivity index (χ3n) is 2.99. The summed E-state index contributed by atoms with van der Waals surface area (Å²) < 4.78 is 18.6. The van der Waals surface area contributed by atoms with Crippen LogP contribution in [-0.4, -0.2) is 24.9 Å². The Morgan fingerprint density at radius 3 is 2.56 bits per heavy atom. The van der Waals surface area contributed by atoms with Gasteiger partial charge in [-0.25, -0.2) is 4.39 Å². The van der Waals surface area contributed by atoms with Gasteiger partial charge in [-0.15, -0.1) is 0 Å². The molecule has 1 aromatic carbocycles. The summed E-state index contributed by atoms with van der Waals surface area (Å²) in [5.74, 6) is 0.341. The van der Waals surface area contributed by atoms with Gasteiger partial charge in [0.1, 0.15) is 5.82 Å². The first kappa shape index (κ1) is 15.1. The predicted molar refractivity (Wildman–Crippen MR) is 71.1 cm³/mol. The van der Waals surface area contributed by atoms with E-state index in [1.54, 1.807) is 6.07 Å². The molecule has 0 spiro atoms. The molecule has 18 heavy (non-hydrogen) atoms. The van der Waals surface area contributed by atoms with Crippen LogP contribution in [0.2, 0.25) is 0 Å². The van der Waals surface area contributed by atoms with Gasteiger partial charge in [0.15, 0.2) is 0 Å². The molecule has 0 saturated heterocycles. The third-order valence-corrected chi connectivity index (χ3v) is 2.99. The van der Waals surface area contributed by atoms with Crippen LogP contribution in [0.3, 0.4) is 0 Å². The van der Waals surface area contributed by atoms with Gasteiger partial charge in [0.2, 0.25) is 0 Å². The summed E-state index contributed by atoms with van der Waals surface area (Å²) in [6.07, 6.45) is 1.77. The van der Waals surface area contributed by atoms with Crippen LogP contribution in [0.5, 0.6) is 0 Å². The van der Waals surface area contributed by atoms with E-state index in [0.29, 0.717) is 12.5 Å². The molecule has 1 atom stereocenters. The summed E-state index contributed by atoms with van der Waals surface area (Å²) in [6, 6.07) is 6.41. The van der Waals surface area contributed by atoms with Crippen LogP contribution in [0.15, 0.2) is 24.3 Å². The van der Waals surface area contributed by atoms with Crippen LogP contribution in [0, 0.1) is 11.7 Å². The molecule has 1 N–H and O–H groups in total. The second-order valence-corrected chi connectivity index (χ2v) is 5.02. The summed E-state index contributed by atoms with van der Waals surface area (Å²) in [5.41, 5.74) is 0.838. The Morgan fingerprint density at radius 2 is 1.94 bits per heavy atom. The highest BCUT2D eigenvalue weighted by Gasteiger charge is 2.11.